The van der Waals surface area contributed by atoms with E-state index < -0.39 is 0 Å². The topological polar surface area (TPSA) is 32.3 Å². The molecule has 0 radical (unpaired) electrons. The van der Waals surface area contributed by atoms with E-state index in [4.69, 9.17) is 0 Å². The minimum absolute atomic E-state index is 0.0207. The molecule has 0 spiro atoms. The van der Waals surface area contributed by atoms with Gasteiger partial charge in [-0.3, -0.25) is 4.79 Å². The maximum atomic E-state index is 13.1. The van der Waals surface area contributed by atoms with Crippen molar-refractivity contribution in [2.75, 3.05) is 26.7 Å². The fraction of sp³-hybridized carbons (Fsp3) is 0.500. The van der Waals surface area contributed by atoms with Gasteiger partial charge in [-0.05, 0) is 66.5 Å². The first-order valence-corrected chi connectivity index (χ1v) is 7.30. The van der Waals surface area contributed by atoms with Crippen molar-refractivity contribution >= 4 is 21.8 Å². The lowest BCUT2D eigenvalue weighted by Crippen LogP contribution is -2.42. The lowest BCUT2D eigenvalue weighted by atomic mass is 9.97. The third kappa shape index (κ3) is 3.54. The number of halogens is 2. The predicted molar refractivity (Wildman–Crippen MR) is 76.7 cm³/mol. The molecule has 1 aromatic rings. The summed E-state index contributed by atoms with van der Waals surface area (Å²) in [5.74, 6) is 0.143. The molecule has 0 aromatic heterocycles. The molecule has 1 aliphatic rings. The number of piperidine rings is 1. The Morgan fingerprint density at radius 3 is 3.05 bits per heavy atom. The van der Waals surface area contributed by atoms with Crippen LogP contribution in [-0.4, -0.2) is 37.5 Å². The van der Waals surface area contributed by atoms with Crippen LogP contribution in [0, 0.1) is 11.7 Å². The van der Waals surface area contributed by atoms with Crippen molar-refractivity contribution < 1.29 is 9.18 Å². The van der Waals surface area contributed by atoms with Crippen molar-refractivity contribution in [3.63, 3.8) is 0 Å². The number of hydrogen-bond donors (Lipinski definition) is 1. The van der Waals surface area contributed by atoms with Crippen LogP contribution in [0.3, 0.4) is 0 Å². The number of likely N-dealkylation sites (tertiary alicyclic amines) is 1. The van der Waals surface area contributed by atoms with Crippen molar-refractivity contribution in [2.24, 2.45) is 5.92 Å². The van der Waals surface area contributed by atoms with Gasteiger partial charge in [0.05, 0.1) is 5.56 Å². The third-order valence-corrected chi connectivity index (χ3v) is 4.12. The zero-order valence-corrected chi connectivity index (χ0v) is 12.5. The molecule has 1 fully saturated rings. The fourth-order valence-corrected chi connectivity index (χ4v) is 3.06. The normalized spacial score (nSPS) is 19.5. The van der Waals surface area contributed by atoms with Crippen LogP contribution in [0.15, 0.2) is 22.7 Å². The molecule has 5 heteroatoms. The van der Waals surface area contributed by atoms with Crippen molar-refractivity contribution in [2.45, 2.75) is 12.8 Å². The second kappa shape index (κ2) is 6.48. The maximum absolute atomic E-state index is 13.1. The minimum Gasteiger partial charge on any atom is -0.338 e. The van der Waals surface area contributed by atoms with E-state index in [-0.39, 0.29) is 11.7 Å². The number of amides is 1. The van der Waals surface area contributed by atoms with E-state index in [1.807, 2.05) is 11.9 Å². The fourth-order valence-electron chi connectivity index (χ4n) is 2.54. The first-order valence-electron chi connectivity index (χ1n) is 6.50. The standard InChI is InChI=1S/C14H18BrFN2O/c1-17-8-10-3-2-6-18(9-10)14(19)12-5-4-11(16)7-13(12)15/h4-5,7,10,17H,2-3,6,8-9H2,1H3/t10-/m1/s1. The van der Waals surface area contributed by atoms with E-state index in [2.05, 4.69) is 21.2 Å². The number of carbonyl (C=O) groups is 1. The SMILES string of the molecule is CNC[C@H]1CCCN(C(=O)c2ccc(F)cc2Br)C1. The van der Waals surface area contributed by atoms with Crippen molar-refractivity contribution in [3.8, 4) is 0 Å². The molecular weight excluding hydrogens is 311 g/mol. The number of nitrogens with zero attached hydrogens (tertiary/aromatic N) is 1. The second-order valence-corrected chi connectivity index (χ2v) is 5.80. The smallest absolute Gasteiger partial charge is 0.255 e. The highest BCUT2D eigenvalue weighted by atomic mass is 79.9. The van der Waals surface area contributed by atoms with Gasteiger partial charge in [0.25, 0.3) is 5.91 Å². The first kappa shape index (κ1) is 14.5. The zero-order valence-electron chi connectivity index (χ0n) is 11.0. The van der Waals surface area contributed by atoms with Gasteiger partial charge in [-0.15, -0.1) is 0 Å². The molecule has 0 saturated carbocycles. The van der Waals surface area contributed by atoms with E-state index in [1.165, 1.54) is 12.1 Å². The summed E-state index contributed by atoms with van der Waals surface area (Å²) in [6.45, 7) is 2.47. The van der Waals surface area contributed by atoms with Gasteiger partial charge in [0.1, 0.15) is 5.82 Å². The van der Waals surface area contributed by atoms with Crippen molar-refractivity contribution in [1.82, 2.24) is 10.2 Å². The summed E-state index contributed by atoms with van der Waals surface area (Å²) in [7, 11) is 1.93. The molecule has 0 aliphatic carbocycles. The Kier molecular flexibility index (Phi) is 4.93. The zero-order chi connectivity index (χ0) is 13.8. The molecule has 1 atom stereocenters. The lowest BCUT2D eigenvalue weighted by molar-refractivity contribution is 0.0673. The Hall–Kier alpha value is -0.940. The third-order valence-electron chi connectivity index (χ3n) is 3.46. The predicted octanol–water partition coefficient (Wildman–Crippen LogP) is 2.66. The van der Waals surface area contributed by atoms with Crippen LogP contribution >= 0.6 is 15.9 Å². The molecule has 1 aliphatic heterocycles. The van der Waals surface area contributed by atoms with Gasteiger partial charge in [-0.25, -0.2) is 4.39 Å². The summed E-state index contributed by atoms with van der Waals surface area (Å²) in [4.78, 5) is 14.3. The molecule has 0 unspecified atom stereocenters. The first-order chi connectivity index (χ1) is 9.11. The monoisotopic (exact) mass is 328 g/mol. The Labute approximate surface area is 121 Å². The molecule has 1 heterocycles. The average molecular weight is 329 g/mol. The van der Waals surface area contributed by atoms with Gasteiger partial charge < -0.3 is 10.2 Å². The lowest BCUT2D eigenvalue weighted by Gasteiger charge is -2.33. The summed E-state index contributed by atoms with van der Waals surface area (Å²) in [5.41, 5.74) is 0.534. The quantitative estimate of drug-likeness (QED) is 0.925. The Bertz CT molecular complexity index is 465. The van der Waals surface area contributed by atoms with Crippen LogP contribution in [0.2, 0.25) is 0 Å². The van der Waals surface area contributed by atoms with Crippen LogP contribution in [0.5, 0.6) is 0 Å². The molecule has 104 valence electrons. The van der Waals surface area contributed by atoms with Crippen LogP contribution in [-0.2, 0) is 0 Å². The Balaban J connectivity index is 2.10. The second-order valence-electron chi connectivity index (χ2n) is 4.94. The summed E-state index contributed by atoms with van der Waals surface area (Å²) in [6, 6.07) is 4.21. The Morgan fingerprint density at radius 1 is 1.58 bits per heavy atom. The van der Waals surface area contributed by atoms with Gasteiger partial charge in [0.2, 0.25) is 0 Å². The van der Waals surface area contributed by atoms with E-state index in [9.17, 15) is 9.18 Å². The Morgan fingerprint density at radius 2 is 2.37 bits per heavy atom. The highest BCUT2D eigenvalue weighted by Crippen LogP contribution is 2.23. The molecule has 1 amide bonds. The van der Waals surface area contributed by atoms with Gasteiger partial charge in [0.15, 0.2) is 0 Å². The molecule has 3 nitrogen and oxygen atoms in total. The maximum Gasteiger partial charge on any atom is 0.255 e. The number of rotatable bonds is 3. The van der Waals surface area contributed by atoms with Gasteiger partial charge in [-0.2, -0.15) is 0 Å². The minimum atomic E-state index is -0.338. The van der Waals surface area contributed by atoms with Crippen LogP contribution < -0.4 is 5.32 Å². The molecule has 19 heavy (non-hydrogen) atoms. The number of benzene rings is 1. The molecule has 1 saturated heterocycles. The summed E-state index contributed by atoms with van der Waals surface area (Å²) < 4.78 is 13.6. The molecule has 2 rings (SSSR count). The molecule has 1 N–H and O–H groups in total. The number of hydrogen-bond acceptors (Lipinski definition) is 2. The van der Waals surface area contributed by atoms with Gasteiger partial charge >= 0.3 is 0 Å². The molecule has 1 aromatic carbocycles. The van der Waals surface area contributed by atoms with Crippen LogP contribution in [0.4, 0.5) is 4.39 Å². The average Bonchev–Trinajstić information content (AvgIpc) is 2.39. The summed E-state index contributed by atoms with van der Waals surface area (Å²) in [6.07, 6.45) is 2.17. The highest BCUT2D eigenvalue weighted by Gasteiger charge is 2.25. The summed E-state index contributed by atoms with van der Waals surface area (Å²) >= 11 is 3.26. The van der Waals surface area contributed by atoms with Crippen molar-refractivity contribution in [3.05, 3.63) is 34.1 Å². The largest absolute Gasteiger partial charge is 0.338 e. The summed E-state index contributed by atoms with van der Waals surface area (Å²) in [5, 5.41) is 3.16. The molecule has 0 bridgehead atoms. The van der Waals surface area contributed by atoms with Crippen LogP contribution in [0.25, 0.3) is 0 Å². The van der Waals surface area contributed by atoms with E-state index in [0.29, 0.717) is 16.0 Å². The highest BCUT2D eigenvalue weighted by molar-refractivity contribution is 9.10. The van der Waals surface area contributed by atoms with E-state index in [1.54, 1.807) is 6.07 Å². The van der Waals surface area contributed by atoms with E-state index in [0.717, 1.165) is 32.5 Å². The van der Waals surface area contributed by atoms with Crippen molar-refractivity contribution in [1.29, 1.82) is 0 Å². The number of carbonyl (C=O) groups excluding carboxylic acids is 1. The van der Waals surface area contributed by atoms with E-state index >= 15 is 0 Å². The number of nitrogens with one attached hydrogen (secondary N) is 1. The molecular formula is C14H18BrFN2O. The van der Waals surface area contributed by atoms with Gasteiger partial charge in [-0.1, -0.05) is 0 Å². The van der Waals surface area contributed by atoms with Gasteiger partial charge in [0, 0.05) is 17.6 Å². The van der Waals surface area contributed by atoms with Crippen LogP contribution in [0.1, 0.15) is 23.2 Å².